The topological polar surface area (TPSA) is 72.8 Å². The summed E-state index contributed by atoms with van der Waals surface area (Å²) in [4.78, 5) is 24.4. The first-order valence-corrected chi connectivity index (χ1v) is 13.3. The van der Waals surface area contributed by atoms with Gasteiger partial charge in [-0.25, -0.2) is 9.59 Å². The molecule has 7 atom stereocenters. The lowest BCUT2D eigenvalue weighted by molar-refractivity contribution is -0.159. The highest BCUT2D eigenvalue weighted by Gasteiger charge is 2.60. The number of cyclic esters (lactones) is 2. The van der Waals surface area contributed by atoms with E-state index in [1.807, 2.05) is 19.9 Å². The monoisotopic (exact) mass is 480 g/mol. The highest BCUT2D eigenvalue weighted by Crippen LogP contribution is 2.68. The molecular formula is C30H40O5. The molecule has 7 unspecified atom stereocenters. The number of esters is 2. The maximum Gasteiger partial charge on any atom is 0.333 e. The predicted octanol–water partition coefficient (Wildman–Crippen LogP) is 5.60. The van der Waals surface area contributed by atoms with E-state index in [1.165, 1.54) is 11.1 Å². The van der Waals surface area contributed by atoms with Crippen molar-refractivity contribution in [3.63, 3.8) is 0 Å². The van der Waals surface area contributed by atoms with Gasteiger partial charge in [-0.1, -0.05) is 38.5 Å². The van der Waals surface area contributed by atoms with Crippen molar-refractivity contribution in [3.8, 4) is 0 Å². The lowest BCUT2D eigenvalue weighted by Crippen LogP contribution is -2.48. The van der Waals surface area contributed by atoms with Crippen LogP contribution in [0.15, 0.2) is 46.6 Å². The number of aliphatic hydroxyl groups excluding tert-OH is 1. The van der Waals surface area contributed by atoms with Crippen molar-refractivity contribution in [2.75, 3.05) is 0 Å². The Hall–Kier alpha value is -2.14. The molecule has 0 aromatic rings. The minimum Gasteiger partial charge on any atom is -0.456 e. The molecule has 1 saturated carbocycles. The van der Waals surface area contributed by atoms with Gasteiger partial charge in [0.1, 0.15) is 17.8 Å². The number of fused-ring (bicyclic) bond motifs is 3. The Morgan fingerprint density at radius 1 is 1.06 bits per heavy atom. The summed E-state index contributed by atoms with van der Waals surface area (Å²) < 4.78 is 11.5. The van der Waals surface area contributed by atoms with Crippen LogP contribution < -0.4 is 0 Å². The minimum atomic E-state index is -0.747. The molecular weight excluding hydrogens is 440 g/mol. The Morgan fingerprint density at radius 3 is 2.54 bits per heavy atom. The van der Waals surface area contributed by atoms with E-state index in [0.717, 1.165) is 38.5 Å². The fourth-order valence-corrected chi connectivity index (χ4v) is 8.30. The first-order valence-electron chi connectivity index (χ1n) is 13.3. The lowest BCUT2D eigenvalue weighted by atomic mass is 9.52. The molecule has 5 heteroatoms. The van der Waals surface area contributed by atoms with Gasteiger partial charge in [0.2, 0.25) is 0 Å². The third kappa shape index (κ3) is 3.68. The summed E-state index contributed by atoms with van der Waals surface area (Å²) in [5.41, 5.74) is 4.28. The molecule has 2 heterocycles. The van der Waals surface area contributed by atoms with Crippen molar-refractivity contribution in [1.82, 2.24) is 0 Å². The molecule has 5 nitrogen and oxygen atoms in total. The van der Waals surface area contributed by atoms with E-state index < -0.39 is 17.8 Å². The summed E-state index contributed by atoms with van der Waals surface area (Å²) >= 11 is 0. The fourth-order valence-electron chi connectivity index (χ4n) is 8.30. The standard InChI is InChI=1S/C30H40O5/c1-17-15-24(31)26(34-27(17)33)18(2)21-12-14-30(6)23-9-8-22-19(7-10-25(32)35-28(22,3)4)16-20(23)11-13-29(21,30)5/h7,10,15-16,18,21-22,24,26,31H,8-9,11-14H2,1-6H3. The molecule has 2 aliphatic heterocycles. The van der Waals surface area contributed by atoms with Gasteiger partial charge < -0.3 is 14.6 Å². The van der Waals surface area contributed by atoms with Crippen LogP contribution in [-0.4, -0.2) is 34.9 Å². The average Bonchev–Trinajstić information content (AvgIpc) is 2.88. The largest absolute Gasteiger partial charge is 0.456 e. The SMILES string of the molecule is CC1=CC(O)C(C(C)C2CCC3(C)C4=C(C=C5C=CC(=O)OC(C)(C)C5CC4)CCC23C)OC1=O. The zero-order chi connectivity index (χ0) is 25.3. The Bertz CT molecular complexity index is 1070. The van der Waals surface area contributed by atoms with Crippen LogP contribution in [0, 0.1) is 28.6 Å². The Morgan fingerprint density at radius 2 is 1.80 bits per heavy atom. The number of allylic oxidation sites excluding steroid dienone is 4. The molecule has 0 bridgehead atoms. The molecule has 0 amide bonds. The van der Waals surface area contributed by atoms with E-state index in [1.54, 1.807) is 24.6 Å². The van der Waals surface area contributed by atoms with Crippen molar-refractivity contribution in [3.05, 3.63) is 46.6 Å². The Kier molecular flexibility index (Phi) is 5.75. The number of rotatable bonds is 2. The normalized spacial score (nSPS) is 41.3. The van der Waals surface area contributed by atoms with Gasteiger partial charge in [0, 0.05) is 17.6 Å². The zero-order valence-corrected chi connectivity index (χ0v) is 22.0. The van der Waals surface area contributed by atoms with Gasteiger partial charge in [-0.05, 0) is 99.2 Å². The highest BCUT2D eigenvalue weighted by atomic mass is 16.6. The molecule has 5 rings (SSSR count). The minimum absolute atomic E-state index is 0.0556. The summed E-state index contributed by atoms with van der Waals surface area (Å²) in [5.74, 6) is 0.0403. The summed E-state index contributed by atoms with van der Waals surface area (Å²) in [5, 5.41) is 10.8. The third-order valence-corrected chi connectivity index (χ3v) is 10.5. The van der Waals surface area contributed by atoms with Gasteiger partial charge in [0.05, 0.1) is 0 Å². The van der Waals surface area contributed by atoms with E-state index >= 15 is 0 Å². The van der Waals surface area contributed by atoms with E-state index in [4.69, 9.17) is 9.47 Å². The molecule has 5 aliphatic rings. The number of aliphatic hydroxyl groups is 1. The summed E-state index contributed by atoms with van der Waals surface area (Å²) in [7, 11) is 0. The van der Waals surface area contributed by atoms with Crippen LogP contribution in [0.25, 0.3) is 0 Å². The summed E-state index contributed by atoms with van der Waals surface area (Å²) in [6.45, 7) is 12.8. The molecule has 0 spiro atoms. The van der Waals surface area contributed by atoms with Crippen molar-refractivity contribution in [1.29, 1.82) is 0 Å². The van der Waals surface area contributed by atoms with E-state index in [-0.39, 0.29) is 34.6 Å². The maximum absolute atomic E-state index is 12.3. The van der Waals surface area contributed by atoms with Crippen molar-refractivity contribution < 1.29 is 24.2 Å². The molecule has 0 aromatic carbocycles. The van der Waals surface area contributed by atoms with Crippen LogP contribution in [0.5, 0.6) is 0 Å². The van der Waals surface area contributed by atoms with Crippen LogP contribution in [0.1, 0.15) is 80.1 Å². The van der Waals surface area contributed by atoms with Gasteiger partial charge in [0.25, 0.3) is 0 Å². The Balaban J connectivity index is 1.47. The van der Waals surface area contributed by atoms with E-state index in [0.29, 0.717) is 11.5 Å². The highest BCUT2D eigenvalue weighted by molar-refractivity contribution is 5.88. The molecule has 0 aromatic heterocycles. The van der Waals surface area contributed by atoms with Crippen molar-refractivity contribution in [2.45, 2.75) is 97.9 Å². The zero-order valence-electron chi connectivity index (χ0n) is 22.0. The first kappa shape index (κ1) is 24.5. The first-order chi connectivity index (χ1) is 16.4. The van der Waals surface area contributed by atoms with Gasteiger partial charge in [-0.15, -0.1) is 0 Å². The van der Waals surface area contributed by atoms with E-state index in [9.17, 15) is 14.7 Å². The maximum atomic E-state index is 12.3. The second-order valence-electron chi connectivity index (χ2n) is 12.6. The van der Waals surface area contributed by atoms with Gasteiger partial charge in [-0.3, -0.25) is 0 Å². The quantitative estimate of drug-likeness (QED) is 0.521. The molecule has 0 radical (unpaired) electrons. The van der Waals surface area contributed by atoms with Crippen LogP contribution in [0.2, 0.25) is 0 Å². The van der Waals surface area contributed by atoms with Gasteiger partial charge in [-0.2, -0.15) is 0 Å². The smallest absolute Gasteiger partial charge is 0.333 e. The Labute approximate surface area is 209 Å². The number of hydrogen-bond donors (Lipinski definition) is 1. The molecule has 190 valence electrons. The second-order valence-corrected chi connectivity index (χ2v) is 12.6. The second kappa shape index (κ2) is 8.19. The lowest BCUT2D eigenvalue weighted by Gasteiger charge is -2.52. The van der Waals surface area contributed by atoms with Crippen LogP contribution >= 0.6 is 0 Å². The average molecular weight is 481 g/mol. The van der Waals surface area contributed by atoms with Crippen LogP contribution in [0.3, 0.4) is 0 Å². The molecule has 3 aliphatic carbocycles. The number of carbonyl (C=O) groups excluding carboxylic acids is 2. The predicted molar refractivity (Wildman–Crippen MR) is 134 cm³/mol. The number of ether oxygens (including phenoxy) is 2. The summed E-state index contributed by atoms with van der Waals surface area (Å²) in [6, 6.07) is 0. The molecule has 1 fully saturated rings. The van der Waals surface area contributed by atoms with Crippen molar-refractivity contribution >= 4 is 11.9 Å². The number of hydrogen-bond acceptors (Lipinski definition) is 5. The van der Waals surface area contributed by atoms with Crippen LogP contribution in [-0.2, 0) is 19.1 Å². The number of carbonyl (C=O) groups is 2. The summed E-state index contributed by atoms with van der Waals surface area (Å²) in [6.07, 6.45) is 12.5. The van der Waals surface area contributed by atoms with Crippen LogP contribution in [0.4, 0.5) is 0 Å². The van der Waals surface area contributed by atoms with Gasteiger partial charge >= 0.3 is 11.9 Å². The van der Waals surface area contributed by atoms with Crippen molar-refractivity contribution in [2.24, 2.45) is 28.6 Å². The fraction of sp³-hybridized carbons (Fsp3) is 0.667. The third-order valence-electron chi connectivity index (χ3n) is 10.5. The molecule has 35 heavy (non-hydrogen) atoms. The molecule has 0 saturated heterocycles. The van der Waals surface area contributed by atoms with Gasteiger partial charge in [0.15, 0.2) is 0 Å². The van der Waals surface area contributed by atoms with E-state index in [2.05, 4.69) is 26.8 Å². The molecule has 1 N–H and O–H groups in total.